The zero-order valence-electron chi connectivity index (χ0n) is 11.9. The van der Waals surface area contributed by atoms with Crippen molar-refractivity contribution in [2.75, 3.05) is 6.79 Å². The van der Waals surface area contributed by atoms with Gasteiger partial charge < -0.3 is 14.6 Å². The molecule has 0 aromatic heterocycles. The summed E-state index contributed by atoms with van der Waals surface area (Å²) in [7, 11) is 0. The van der Waals surface area contributed by atoms with Gasteiger partial charge in [-0.1, -0.05) is 42.0 Å². The van der Waals surface area contributed by atoms with Crippen LogP contribution in [0.4, 0.5) is 0 Å². The lowest BCUT2D eigenvalue weighted by atomic mass is 10.1. The third-order valence-electron chi connectivity index (χ3n) is 3.02. The van der Waals surface area contributed by atoms with Crippen LogP contribution in [0.1, 0.15) is 29.7 Å². The standard InChI is InChI=1S/C17H20O3/c1-13-8-9-17(16(10-13)14(2)18)20-12-19-11-15-6-4-3-5-7-15/h3-10,14,18H,11-12H2,1-2H3/t14-/m1/s1. The minimum absolute atomic E-state index is 0.164. The fraction of sp³-hybridized carbons (Fsp3) is 0.294. The van der Waals surface area contributed by atoms with E-state index in [1.807, 2.05) is 55.5 Å². The molecule has 3 heteroatoms. The summed E-state index contributed by atoms with van der Waals surface area (Å²) in [5.74, 6) is 0.665. The van der Waals surface area contributed by atoms with Crippen LogP contribution in [0, 0.1) is 6.92 Å². The van der Waals surface area contributed by atoms with Crippen molar-refractivity contribution in [1.29, 1.82) is 0 Å². The van der Waals surface area contributed by atoms with Gasteiger partial charge >= 0.3 is 0 Å². The second kappa shape index (κ2) is 7.08. The third-order valence-corrected chi connectivity index (χ3v) is 3.02. The summed E-state index contributed by atoms with van der Waals surface area (Å²) in [6.07, 6.45) is -0.556. The van der Waals surface area contributed by atoms with Crippen LogP contribution < -0.4 is 4.74 Å². The number of hydrogen-bond acceptors (Lipinski definition) is 3. The second-order valence-corrected chi connectivity index (χ2v) is 4.81. The van der Waals surface area contributed by atoms with Gasteiger partial charge in [-0.05, 0) is 31.5 Å². The molecule has 0 bridgehead atoms. The largest absolute Gasteiger partial charge is 0.467 e. The molecule has 2 aromatic carbocycles. The molecule has 0 fully saturated rings. The van der Waals surface area contributed by atoms with E-state index in [1.54, 1.807) is 6.92 Å². The van der Waals surface area contributed by atoms with E-state index in [9.17, 15) is 5.11 Å². The van der Waals surface area contributed by atoms with Crippen LogP contribution in [0.2, 0.25) is 0 Å². The topological polar surface area (TPSA) is 38.7 Å². The van der Waals surface area contributed by atoms with Gasteiger partial charge in [-0.3, -0.25) is 0 Å². The average molecular weight is 272 g/mol. The molecule has 0 heterocycles. The molecule has 2 rings (SSSR count). The molecule has 1 atom stereocenters. The fourth-order valence-electron chi connectivity index (χ4n) is 1.96. The summed E-state index contributed by atoms with van der Waals surface area (Å²) in [6, 6.07) is 15.7. The molecule has 20 heavy (non-hydrogen) atoms. The molecule has 1 N–H and O–H groups in total. The number of hydrogen-bond donors (Lipinski definition) is 1. The Morgan fingerprint density at radius 1 is 1.10 bits per heavy atom. The SMILES string of the molecule is Cc1ccc(OCOCc2ccccc2)c([C@@H](C)O)c1. The normalized spacial score (nSPS) is 12.2. The van der Waals surface area contributed by atoms with Gasteiger partial charge in [-0.25, -0.2) is 0 Å². The molecule has 0 saturated heterocycles. The first-order valence-corrected chi connectivity index (χ1v) is 6.70. The molecule has 2 aromatic rings. The van der Waals surface area contributed by atoms with Gasteiger partial charge in [0.25, 0.3) is 0 Å². The molecule has 0 aliphatic rings. The van der Waals surface area contributed by atoms with Crippen molar-refractivity contribution >= 4 is 0 Å². The molecule has 0 amide bonds. The van der Waals surface area contributed by atoms with Crippen molar-refractivity contribution in [2.24, 2.45) is 0 Å². The van der Waals surface area contributed by atoms with Crippen LogP contribution in [-0.4, -0.2) is 11.9 Å². The van der Waals surface area contributed by atoms with Gasteiger partial charge in [-0.15, -0.1) is 0 Å². The van der Waals surface area contributed by atoms with E-state index >= 15 is 0 Å². The Morgan fingerprint density at radius 2 is 1.85 bits per heavy atom. The van der Waals surface area contributed by atoms with Crippen molar-refractivity contribution in [1.82, 2.24) is 0 Å². The minimum Gasteiger partial charge on any atom is -0.467 e. The van der Waals surface area contributed by atoms with Gasteiger partial charge in [0, 0.05) is 5.56 Å². The molecule has 0 radical (unpaired) electrons. The van der Waals surface area contributed by atoms with E-state index in [1.165, 1.54) is 0 Å². The van der Waals surface area contributed by atoms with Crippen LogP contribution in [-0.2, 0) is 11.3 Å². The summed E-state index contributed by atoms with van der Waals surface area (Å²) in [6.45, 7) is 4.39. The van der Waals surface area contributed by atoms with Crippen LogP contribution in [0.25, 0.3) is 0 Å². The highest BCUT2D eigenvalue weighted by Gasteiger charge is 2.09. The van der Waals surface area contributed by atoms with Gasteiger partial charge in [0.15, 0.2) is 6.79 Å². The van der Waals surface area contributed by atoms with Crippen molar-refractivity contribution in [3.8, 4) is 5.75 Å². The molecular weight excluding hydrogens is 252 g/mol. The number of aryl methyl sites for hydroxylation is 1. The highest BCUT2D eigenvalue weighted by Crippen LogP contribution is 2.26. The van der Waals surface area contributed by atoms with E-state index in [0.717, 1.165) is 16.7 Å². The maximum absolute atomic E-state index is 9.74. The predicted octanol–water partition coefficient (Wildman–Crippen LogP) is 3.60. The Morgan fingerprint density at radius 3 is 2.55 bits per heavy atom. The number of aliphatic hydroxyl groups is 1. The summed E-state index contributed by atoms with van der Waals surface area (Å²) in [4.78, 5) is 0. The number of aliphatic hydroxyl groups excluding tert-OH is 1. The molecule has 3 nitrogen and oxygen atoms in total. The van der Waals surface area contributed by atoms with E-state index in [2.05, 4.69) is 0 Å². The van der Waals surface area contributed by atoms with Gasteiger partial charge in [0.05, 0.1) is 12.7 Å². The lowest BCUT2D eigenvalue weighted by molar-refractivity contribution is 0.00341. The molecule has 0 saturated carbocycles. The Balaban J connectivity index is 1.88. The molecule has 0 unspecified atom stereocenters. The predicted molar refractivity (Wildman–Crippen MR) is 78.5 cm³/mol. The van der Waals surface area contributed by atoms with Crippen molar-refractivity contribution in [3.63, 3.8) is 0 Å². The first kappa shape index (κ1) is 14.6. The van der Waals surface area contributed by atoms with Gasteiger partial charge in [-0.2, -0.15) is 0 Å². The zero-order valence-corrected chi connectivity index (χ0v) is 11.9. The highest BCUT2D eigenvalue weighted by molar-refractivity contribution is 5.38. The molecule has 0 spiro atoms. The Bertz CT molecular complexity index is 535. The molecule has 106 valence electrons. The number of ether oxygens (including phenoxy) is 2. The maximum Gasteiger partial charge on any atom is 0.189 e. The second-order valence-electron chi connectivity index (χ2n) is 4.81. The molecule has 0 aliphatic carbocycles. The smallest absolute Gasteiger partial charge is 0.189 e. The lowest BCUT2D eigenvalue weighted by Crippen LogP contribution is -2.06. The summed E-state index contributed by atoms with van der Waals surface area (Å²) < 4.78 is 11.1. The van der Waals surface area contributed by atoms with Crippen LogP contribution in [0.15, 0.2) is 48.5 Å². The fourth-order valence-corrected chi connectivity index (χ4v) is 1.96. The first-order chi connectivity index (χ1) is 9.66. The van der Waals surface area contributed by atoms with Crippen molar-refractivity contribution < 1.29 is 14.6 Å². The minimum atomic E-state index is -0.556. The average Bonchev–Trinajstić information content (AvgIpc) is 2.45. The summed E-state index contributed by atoms with van der Waals surface area (Å²) in [5, 5.41) is 9.74. The maximum atomic E-state index is 9.74. The van der Waals surface area contributed by atoms with Gasteiger partial charge in [0.1, 0.15) is 5.75 Å². The molecule has 0 aliphatic heterocycles. The molecular formula is C17H20O3. The third kappa shape index (κ3) is 4.08. The van der Waals surface area contributed by atoms with Crippen molar-refractivity contribution in [2.45, 2.75) is 26.6 Å². The van der Waals surface area contributed by atoms with E-state index in [0.29, 0.717) is 12.4 Å². The summed E-state index contributed by atoms with van der Waals surface area (Å²) >= 11 is 0. The summed E-state index contributed by atoms with van der Waals surface area (Å²) in [5.41, 5.74) is 2.99. The Labute approximate surface area is 119 Å². The number of rotatable bonds is 6. The van der Waals surface area contributed by atoms with Crippen LogP contribution in [0.5, 0.6) is 5.75 Å². The Hall–Kier alpha value is -1.84. The highest BCUT2D eigenvalue weighted by atomic mass is 16.7. The van der Waals surface area contributed by atoms with E-state index in [-0.39, 0.29) is 6.79 Å². The van der Waals surface area contributed by atoms with Gasteiger partial charge in [0.2, 0.25) is 0 Å². The zero-order chi connectivity index (χ0) is 14.4. The van der Waals surface area contributed by atoms with E-state index in [4.69, 9.17) is 9.47 Å². The quantitative estimate of drug-likeness (QED) is 0.645. The lowest BCUT2D eigenvalue weighted by Gasteiger charge is -2.14. The van der Waals surface area contributed by atoms with E-state index < -0.39 is 6.10 Å². The van der Waals surface area contributed by atoms with Crippen molar-refractivity contribution in [3.05, 3.63) is 65.2 Å². The van der Waals surface area contributed by atoms with Crippen LogP contribution >= 0.6 is 0 Å². The Kier molecular flexibility index (Phi) is 5.16. The first-order valence-electron chi connectivity index (χ1n) is 6.70. The number of benzene rings is 2. The monoisotopic (exact) mass is 272 g/mol. The van der Waals surface area contributed by atoms with Crippen LogP contribution in [0.3, 0.4) is 0 Å².